The molecule has 5 nitrogen and oxygen atoms in total. The fraction of sp³-hybridized carbons (Fsp3) is 0.667. The molecule has 27 heavy (non-hydrogen) atoms. The molecule has 0 N–H and O–H groups in total. The number of unbranched alkanes of at least 4 members (excludes halogenated alkanes) is 1. The van der Waals surface area contributed by atoms with Crippen LogP contribution in [-0.2, 0) is 21.5 Å². The lowest BCUT2D eigenvalue weighted by Gasteiger charge is -2.32. The first-order chi connectivity index (χ1) is 12.8. The Morgan fingerprint density at radius 1 is 1.07 bits per heavy atom. The van der Waals surface area contributed by atoms with E-state index in [1.807, 2.05) is 17.0 Å². The van der Waals surface area contributed by atoms with Crippen molar-refractivity contribution in [2.24, 2.45) is 5.92 Å². The van der Waals surface area contributed by atoms with Gasteiger partial charge in [-0.2, -0.15) is 8.42 Å². The molecule has 0 unspecified atom stereocenters. The summed E-state index contributed by atoms with van der Waals surface area (Å²) in [5.74, 6) is 0.517. The van der Waals surface area contributed by atoms with Crippen LogP contribution in [0.15, 0.2) is 24.3 Å². The van der Waals surface area contributed by atoms with E-state index in [4.69, 9.17) is 4.18 Å². The van der Waals surface area contributed by atoms with E-state index >= 15 is 0 Å². The van der Waals surface area contributed by atoms with Crippen molar-refractivity contribution >= 4 is 16.0 Å². The highest BCUT2D eigenvalue weighted by Gasteiger charge is 2.25. The Balaban J connectivity index is 2.92. The summed E-state index contributed by atoms with van der Waals surface area (Å²) in [6.07, 6.45) is 4.84. The van der Waals surface area contributed by atoms with Crippen molar-refractivity contribution < 1.29 is 17.4 Å². The molecule has 1 amide bonds. The lowest BCUT2D eigenvalue weighted by Crippen LogP contribution is -2.41. The molecule has 154 valence electrons. The summed E-state index contributed by atoms with van der Waals surface area (Å²) < 4.78 is 28.2. The third-order valence-electron chi connectivity index (χ3n) is 5.01. The Hall–Kier alpha value is -1.56. The van der Waals surface area contributed by atoms with E-state index < -0.39 is 10.1 Å². The van der Waals surface area contributed by atoms with Crippen molar-refractivity contribution in [3.8, 4) is 5.75 Å². The van der Waals surface area contributed by atoms with Gasteiger partial charge in [0.2, 0.25) is 5.91 Å². The van der Waals surface area contributed by atoms with Gasteiger partial charge in [-0.3, -0.25) is 4.79 Å². The summed E-state index contributed by atoms with van der Waals surface area (Å²) in [6, 6.07) is 7.11. The number of nitrogens with zero attached hydrogens (tertiary/aromatic N) is 1. The predicted octanol–water partition coefficient (Wildman–Crippen LogP) is 4.76. The molecule has 1 rings (SSSR count). The largest absolute Gasteiger partial charge is 0.382 e. The lowest BCUT2D eigenvalue weighted by molar-refractivity contribution is -0.138. The molecule has 0 fully saturated rings. The average molecular weight is 398 g/mol. The Morgan fingerprint density at radius 3 is 2.19 bits per heavy atom. The molecule has 0 saturated heterocycles. The van der Waals surface area contributed by atoms with E-state index in [2.05, 4.69) is 27.7 Å². The normalized spacial score (nSPS) is 13.8. The second-order valence-electron chi connectivity index (χ2n) is 7.04. The van der Waals surface area contributed by atoms with E-state index in [-0.39, 0.29) is 23.6 Å². The highest BCUT2D eigenvalue weighted by Crippen LogP contribution is 2.22. The molecule has 0 bridgehead atoms. The standard InChI is InChI=1S/C21H35NO4S/c1-6-10-11-19(8-3)21(23)22(17(5)7-2)16-18-12-14-20(15-13-18)26-27(24,25)9-4/h12-15,17,19H,6-11,16H2,1-5H3/t17-,19+/m1/s1. The maximum Gasteiger partial charge on any atom is 0.308 e. The van der Waals surface area contributed by atoms with Crippen molar-refractivity contribution in [1.29, 1.82) is 0 Å². The molecule has 2 atom stereocenters. The number of amides is 1. The van der Waals surface area contributed by atoms with Crippen LogP contribution in [0.3, 0.4) is 0 Å². The number of carbonyl (C=O) groups excluding carboxylic acids is 1. The van der Waals surface area contributed by atoms with E-state index in [1.54, 1.807) is 19.1 Å². The van der Waals surface area contributed by atoms with Crippen molar-refractivity contribution in [3.63, 3.8) is 0 Å². The molecule has 1 aromatic carbocycles. The minimum absolute atomic E-state index is 0.0660. The molecular formula is C21H35NO4S. The molecule has 0 heterocycles. The molecule has 1 aromatic rings. The highest BCUT2D eigenvalue weighted by atomic mass is 32.2. The van der Waals surface area contributed by atoms with Gasteiger partial charge in [0.15, 0.2) is 0 Å². The zero-order valence-electron chi connectivity index (χ0n) is 17.4. The summed E-state index contributed by atoms with van der Waals surface area (Å²) in [4.78, 5) is 15.1. The van der Waals surface area contributed by atoms with Crippen LogP contribution in [0, 0.1) is 5.92 Å². The summed E-state index contributed by atoms with van der Waals surface area (Å²) in [6.45, 7) is 10.5. The summed E-state index contributed by atoms with van der Waals surface area (Å²) in [5.41, 5.74) is 0.968. The van der Waals surface area contributed by atoms with Gasteiger partial charge in [-0.25, -0.2) is 0 Å². The van der Waals surface area contributed by atoms with Gasteiger partial charge >= 0.3 is 10.1 Å². The maximum absolute atomic E-state index is 13.1. The van der Waals surface area contributed by atoms with Gasteiger partial charge in [0, 0.05) is 18.5 Å². The topological polar surface area (TPSA) is 63.7 Å². The van der Waals surface area contributed by atoms with Crippen LogP contribution in [0.1, 0.15) is 72.3 Å². The smallest absolute Gasteiger partial charge is 0.308 e. The minimum Gasteiger partial charge on any atom is -0.382 e. The van der Waals surface area contributed by atoms with Crippen molar-refractivity contribution in [1.82, 2.24) is 4.90 Å². The molecule has 0 radical (unpaired) electrons. The van der Waals surface area contributed by atoms with Gasteiger partial charge in [-0.1, -0.05) is 45.7 Å². The van der Waals surface area contributed by atoms with Crippen LogP contribution in [0.4, 0.5) is 0 Å². The van der Waals surface area contributed by atoms with Gasteiger partial charge in [-0.15, -0.1) is 0 Å². The SMILES string of the molecule is CCCC[C@H](CC)C(=O)N(Cc1ccc(OS(=O)(=O)CC)cc1)[C@H](C)CC. The fourth-order valence-electron chi connectivity index (χ4n) is 2.91. The first-order valence-corrected chi connectivity index (χ1v) is 11.7. The van der Waals surface area contributed by atoms with E-state index in [0.717, 1.165) is 37.7 Å². The summed E-state index contributed by atoms with van der Waals surface area (Å²) >= 11 is 0. The first kappa shape index (κ1) is 23.5. The molecular weight excluding hydrogens is 362 g/mol. The first-order valence-electron chi connectivity index (χ1n) is 10.1. The molecule has 0 aromatic heterocycles. The Kier molecular flexibility index (Phi) is 9.84. The maximum atomic E-state index is 13.1. The van der Waals surface area contributed by atoms with Crippen molar-refractivity contribution in [2.45, 2.75) is 79.3 Å². The van der Waals surface area contributed by atoms with Gasteiger partial charge in [0.05, 0.1) is 5.75 Å². The Bertz CT molecular complexity index is 670. The monoisotopic (exact) mass is 397 g/mol. The molecule has 0 aliphatic heterocycles. The van der Waals surface area contributed by atoms with Crippen LogP contribution in [0.25, 0.3) is 0 Å². The Labute approximate surface area is 165 Å². The van der Waals surface area contributed by atoms with Crippen molar-refractivity contribution in [3.05, 3.63) is 29.8 Å². The number of benzene rings is 1. The van der Waals surface area contributed by atoms with Crippen LogP contribution in [0.5, 0.6) is 5.75 Å². The van der Waals surface area contributed by atoms with Gasteiger partial charge in [0.25, 0.3) is 0 Å². The van der Waals surface area contributed by atoms with Crippen LogP contribution in [0.2, 0.25) is 0 Å². The van der Waals surface area contributed by atoms with E-state index in [0.29, 0.717) is 12.3 Å². The minimum atomic E-state index is -3.53. The second-order valence-corrected chi connectivity index (χ2v) is 8.90. The zero-order chi connectivity index (χ0) is 20.4. The summed E-state index contributed by atoms with van der Waals surface area (Å²) in [5, 5.41) is 0. The fourth-order valence-corrected chi connectivity index (χ4v) is 3.43. The molecule has 0 aliphatic rings. The van der Waals surface area contributed by atoms with Crippen LogP contribution in [-0.4, -0.2) is 31.0 Å². The second kappa shape index (κ2) is 11.3. The van der Waals surface area contributed by atoms with Gasteiger partial charge in [0.1, 0.15) is 5.75 Å². The lowest BCUT2D eigenvalue weighted by atomic mass is 9.96. The zero-order valence-corrected chi connectivity index (χ0v) is 18.2. The number of hydrogen-bond donors (Lipinski definition) is 0. The van der Waals surface area contributed by atoms with E-state index in [9.17, 15) is 13.2 Å². The molecule has 0 spiro atoms. The third kappa shape index (κ3) is 7.53. The predicted molar refractivity (Wildman–Crippen MR) is 110 cm³/mol. The quantitative estimate of drug-likeness (QED) is 0.477. The number of rotatable bonds is 12. The average Bonchev–Trinajstić information content (AvgIpc) is 2.67. The summed E-state index contributed by atoms with van der Waals surface area (Å²) in [7, 11) is -3.53. The van der Waals surface area contributed by atoms with Gasteiger partial charge < -0.3 is 9.08 Å². The highest BCUT2D eigenvalue weighted by molar-refractivity contribution is 7.87. The Morgan fingerprint density at radius 2 is 1.70 bits per heavy atom. The molecule has 0 saturated carbocycles. The molecule has 6 heteroatoms. The molecule has 0 aliphatic carbocycles. The van der Waals surface area contributed by atoms with E-state index in [1.165, 1.54) is 0 Å². The van der Waals surface area contributed by atoms with Crippen LogP contribution >= 0.6 is 0 Å². The van der Waals surface area contributed by atoms with Gasteiger partial charge in [-0.05, 0) is 50.8 Å². The van der Waals surface area contributed by atoms with Crippen molar-refractivity contribution in [2.75, 3.05) is 5.75 Å². The third-order valence-corrected chi connectivity index (χ3v) is 6.16. The number of carbonyl (C=O) groups is 1. The van der Waals surface area contributed by atoms with Crippen LogP contribution < -0.4 is 4.18 Å². The number of hydrogen-bond acceptors (Lipinski definition) is 4.